The van der Waals surface area contributed by atoms with Gasteiger partial charge in [0.1, 0.15) is 23.2 Å². The molecule has 160 valence electrons. The standard InChI is InChI=1S/C24H17F3N4O/c25-24(26,27)16-7-5-15(6-8-16)18-13-22(30-11-9-17(32)10-12-30)31-21-4-2-1-3-20(21)29-23(31)19(18)14-28/h1-8,13H,9-12H2. The number of ketones is 1. The summed E-state index contributed by atoms with van der Waals surface area (Å²) < 4.78 is 41.0. The molecule has 0 spiro atoms. The molecule has 0 radical (unpaired) electrons. The number of halogens is 3. The Bertz CT molecular complexity index is 1390. The van der Waals surface area contributed by atoms with E-state index in [1.54, 1.807) is 0 Å². The molecule has 0 unspecified atom stereocenters. The number of hydrogen-bond donors (Lipinski definition) is 0. The van der Waals surface area contributed by atoms with E-state index in [0.29, 0.717) is 48.2 Å². The molecule has 1 fully saturated rings. The zero-order valence-corrected chi connectivity index (χ0v) is 16.9. The van der Waals surface area contributed by atoms with Gasteiger partial charge in [-0.05, 0) is 35.9 Å². The largest absolute Gasteiger partial charge is 0.416 e. The number of carbonyl (C=O) groups is 1. The van der Waals surface area contributed by atoms with Crippen LogP contribution in [-0.4, -0.2) is 28.3 Å². The minimum atomic E-state index is -4.44. The maximum Gasteiger partial charge on any atom is 0.416 e. The first-order valence-corrected chi connectivity index (χ1v) is 10.2. The summed E-state index contributed by atoms with van der Waals surface area (Å²) in [6.45, 7) is 1.05. The number of Topliss-reactive ketones (excluding diaryl/α,β-unsaturated/α-hetero) is 1. The van der Waals surface area contributed by atoms with Gasteiger partial charge in [-0.2, -0.15) is 18.4 Å². The molecule has 0 amide bonds. The molecule has 4 aromatic rings. The number of alkyl halides is 3. The van der Waals surface area contributed by atoms with Gasteiger partial charge in [-0.15, -0.1) is 0 Å². The van der Waals surface area contributed by atoms with Crippen LogP contribution in [-0.2, 0) is 11.0 Å². The zero-order valence-electron chi connectivity index (χ0n) is 16.9. The summed E-state index contributed by atoms with van der Waals surface area (Å²) in [5, 5.41) is 9.98. The average molecular weight is 434 g/mol. The third-order valence-corrected chi connectivity index (χ3v) is 5.84. The van der Waals surface area contributed by atoms with Gasteiger partial charge in [-0.3, -0.25) is 9.20 Å². The Balaban J connectivity index is 1.77. The quantitative estimate of drug-likeness (QED) is 0.434. The lowest BCUT2D eigenvalue weighted by atomic mass is 9.99. The van der Waals surface area contributed by atoms with E-state index in [0.717, 1.165) is 23.5 Å². The Labute approximate surface area is 181 Å². The van der Waals surface area contributed by atoms with Crippen LogP contribution in [0.5, 0.6) is 0 Å². The van der Waals surface area contributed by atoms with Crippen LogP contribution in [0.4, 0.5) is 19.0 Å². The van der Waals surface area contributed by atoms with Crippen LogP contribution in [0.3, 0.4) is 0 Å². The van der Waals surface area contributed by atoms with Crippen LogP contribution < -0.4 is 4.90 Å². The summed E-state index contributed by atoms with van der Waals surface area (Å²) >= 11 is 0. The van der Waals surface area contributed by atoms with Crippen LogP contribution in [0.2, 0.25) is 0 Å². The van der Waals surface area contributed by atoms with Crippen LogP contribution in [0.15, 0.2) is 54.6 Å². The highest BCUT2D eigenvalue weighted by atomic mass is 19.4. The molecule has 5 rings (SSSR count). The average Bonchev–Trinajstić information content (AvgIpc) is 3.18. The minimum absolute atomic E-state index is 0.199. The molecular weight excluding hydrogens is 417 g/mol. The van der Waals surface area contributed by atoms with E-state index < -0.39 is 11.7 Å². The van der Waals surface area contributed by atoms with Crippen LogP contribution >= 0.6 is 0 Å². The molecular formula is C24H17F3N4O. The Morgan fingerprint density at radius 3 is 2.34 bits per heavy atom. The van der Waals surface area contributed by atoms with E-state index in [-0.39, 0.29) is 11.3 Å². The highest BCUT2D eigenvalue weighted by Crippen LogP contribution is 2.36. The van der Waals surface area contributed by atoms with Crippen molar-refractivity contribution in [3.05, 3.63) is 65.7 Å². The Morgan fingerprint density at radius 1 is 1.00 bits per heavy atom. The molecule has 3 heterocycles. The van der Waals surface area contributed by atoms with Crippen molar-refractivity contribution < 1.29 is 18.0 Å². The second kappa shape index (κ2) is 7.38. The number of nitrogens with zero attached hydrogens (tertiary/aromatic N) is 4. The van der Waals surface area contributed by atoms with E-state index in [4.69, 9.17) is 0 Å². The lowest BCUT2D eigenvalue weighted by molar-refractivity contribution is -0.137. The van der Waals surface area contributed by atoms with Crippen molar-refractivity contribution in [2.45, 2.75) is 19.0 Å². The van der Waals surface area contributed by atoms with E-state index in [2.05, 4.69) is 16.0 Å². The highest BCUT2D eigenvalue weighted by Gasteiger charge is 2.30. The predicted octanol–water partition coefficient (Wildman–Crippen LogP) is 5.21. The number of aromatic nitrogens is 2. The monoisotopic (exact) mass is 434 g/mol. The van der Waals surface area contributed by atoms with Crippen LogP contribution in [0.25, 0.3) is 27.8 Å². The predicted molar refractivity (Wildman–Crippen MR) is 114 cm³/mol. The van der Waals surface area contributed by atoms with Crippen molar-refractivity contribution in [2.75, 3.05) is 18.0 Å². The molecule has 32 heavy (non-hydrogen) atoms. The van der Waals surface area contributed by atoms with Crippen molar-refractivity contribution in [1.82, 2.24) is 9.38 Å². The first-order chi connectivity index (χ1) is 15.4. The lowest BCUT2D eigenvalue weighted by Crippen LogP contribution is -2.35. The second-order valence-electron chi connectivity index (χ2n) is 7.76. The fourth-order valence-corrected chi connectivity index (χ4v) is 4.21. The molecule has 2 aromatic heterocycles. The van der Waals surface area contributed by atoms with Crippen molar-refractivity contribution >= 4 is 28.3 Å². The number of fused-ring (bicyclic) bond motifs is 3. The van der Waals surface area contributed by atoms with Gasteiger partial charge in [0.15, 0.2) is 5.65 Å². The van der Waals surface area contributed by atoms with Crippen LogP contribution in [0, 0.1) is 11.3 Å². The van der Waals surface area contributed by atoms with Gasteiger partial charge in [0.05, 0.1) is 16.6 Å². The fourth-order valence-electron chi connectivity index (χ4n) is 4.21. The van der Waals surface area contributed by atoms with E-state index >= 15 is 0 Å². The topological polar surface area (TPSA) is 61.4 Å². The number of nitriles is 1. The maximum atomic E-state index is 13.0. The minimum Gasteiger partial charge on any atom is -0.357 e. The van der Waals surface area contributed by atoms with Gasteiger partial charge in [-0.25, -0.2) is 4.98 Å². The molecule has 5 nitrogen and oxygen atoms in total. The summed E-state index contributed by atoms with van der Waals surface area (Å²) in [7, 11) is 0. The first-order valence-electron chi connectivity index (χ1n) is 10.2. The Kier molecular flexibility index (Phi) is 4.63. The lowest BCUT2D eigenvalue weighted by Gasteiger charge is -2.29. The summed E-state index contributed by atoms with van der Waals surface area (Å²) in [6.07, 6.45) is -3.60. The fraction of sp³-hybridized carbons (Fsp3) is 0.208. The van der Waals surface area contributed by atoms with Crippen molar-refractivity contribution in [3.8, 4) is 17.2 Å². The van der Waals surface area contributed by atoms with Gasteiger partial charge in [0.25, 0.3) is 0 Å². The molecule has 0 bridgehead atoms. The molecule has 1 saturated heterocycles. The van der Waals surface area contributed by atoms with Crippen molar-refractivity contribution in [2.24, 2.45) is 0 Å². The van der Waals surface area contributed by atoms with Gasteiger partial charge in [-0.1, -0.05) is 24.3 Å². The normalized spacial score (nSPS) is 14.8. The van der Waals surface area contributed by atoms with Gasteiger partial charge in [0.2, 0.25) is 0 Å². The summed E-state index contributed by atoms with van der Waals surface area (Å²) in [6, 6.07) is 16.3. The van der Waals surface area contributed by atoms with Gasteiger partial charge >= 0.3 is 6.18 Å². The number of anilines is 1. The van der Waals surface area contributed by atoms with Gasteiger partial charge in [0, 0.05) is 31.5 Å². The second-order valence-corrected chi connectivity index (χ2v) is 7.76. The summed E-state index contributed by atoms with van der Waals surface area (Å²) in [4.78, 5) is 18.5. The molecule has 0 atom stereocenters. The first kappa shape index (κ1) is 20.1. The van der Waals surface area contributed by atoms with E-state index in [9.17, 15) is 23.2 Å². The third-order valence-electron chi connectivity index (χ3n) is 5.84. The molecule has 1 aliphatic heterocycles. The smallest absolute Gasteiger partial charge is 0.357 e. The molecule has 0 aliphatic carbocycles. The number of rotatable bonds is 2. The Hall–Kier alpha value is -3.86. The number of benzene rings is 2. The number of pyridine rings is 1. The number of para-hydroxylation sites is 2. The number of piperidine rings is 1. The summed E-state index contributed by atoms with van der Waals surface area (Å²) in [5.74, 6) is 0.958. The molecule has 2 aromatic carbocycles. The van der Waals surface area contributed by atoms with Crippen LogP contribution in [0.1, 0.15) is 24.0 Å². The van der Waals surface area contributed by atoms with Gasteiger partial charge < -0.3 is 4.90 Å². The zero-order chi connectivity index (χ0) is 22.5. The number of imidazole rings is 1. The highest BCUT2D eigenvalue weighted by molar-refractivity contribution is 5.90. The molecule has 0 N–H and O–H groups in total. The molecule has 0 saturated carbocycles. The number of hydrogen-bond acceptors (Lipinski definition) is 4. The van der Waals surface area contributed by atoms with Crippen molar-refractivity contribution in [1.29, 1.82) is 5.26 Å². The van der Waals surface area contributed by atoms with Crippen molar-refractivity contribution in [3.63, 3.8) is 0 Å². The summed E-state index contributed by atoms with van der Waals surface area (Å²) in [5.41, 5.74) is 2.53. The molecule has 8 heteroatoms. The van der Waals surface area contributed by atoms with E-state index in [1.165, 1.54) is 12.1 Å². The SMILES string of the molecule is N#Cc1c(-c2ccc(C(F)(F)F)cc2)cc(N2CCC(=O)CC2)n2c1nc1ccccc12. The Morgan fingerprint density at radius 2 is 1.69 bits per heavy atom. The number of carbonyl (C=O) groups excluding carboxylic acids is 1. The maximum absolute atomic E-state index is 13.0. The van der Waals surface area contributed by atoms with E-state index in [1.807, 2.05) is 34.7 Å². The molecule has 1 aliphatic rings. The third kappa shape index (κ3) is 3.26.